The number of nitrogens with two attached hydrogens (primary N) is 1. The summed E-state index contributed by atoms with van der Waals surface area (Å²) in [4.78, 5) is 10.5. The van der Waals surface area contributed by atoms with E-state index in [1.165, 1.54) is 0 Å². The van der Waals surface area contributed by atoms with Crippen LogP contribution in [0, 0.1) is 10.1 Å². The number of nitrogens with one attached hydrogen (secondary N) is 1. The van der Waals surface area contributed by atoms with Gasteiger partial charge >= 0.3 is 5.69 Å². The van der Waals surface area contributed by atoms with E-state index in [4.69, 9.17) is 5.73 Å². The van der Waals surface area contributed by atoms with Crippen molar-refractivity contribution in [1.29, 1.82) is 0 Å². The molecule has 1 atom stereocenters. The van der Waals surface area contributed by atoms with Crippen molar-refractivity contribution < 1.29 is 4.92 Å². The number of benzene rings is 1. The number of nitro groups is 1. The van der Waals surface area contributed by atoms with Gasteiger partial charge in [0.05, 0.1) is 4.92 Å². The number of nitrogens with zero attached hydrogens (tertiary/aromatic N) is 1. The zero-order chi connectivity index (χ0) is 13.5. The fraction of sp³-hybridized carbons (Fsp3) is 0.500. The van der Waals surface area contributed by atoms with Crippen LogP contribution >= 0.6 is 11.8 Å². The van der Waals surface area contributed by atoms with E-state index in [2.05, 4.69) is 12.2 Å². The van der Waals surface area contributed by atoms with Gasteiger partial charge in [-0.15, -0.1) is 0 Å². The van der Waals surface area contributed by atoms with Gasteiger partial charge in [-0.3, -0.25) is 10.1 Å². The first-order chi connectivity index (χ1) is 8.56. The summed E-state index contributed by atoms with van der Waals surface area (Å²) < 4.78 is 0. The second-order valence-corrected chi connectivity index (χ2v) is 5.43. The Hall–Kier alpha value is -1.43. The Morgan fingerprint density at radius 1 is 1.56 bits per heavy atom. The quantitative estimate of drug-likeness (QED) is 0.344. The molecule has 0 saturated heterocycles. The van der Waals surface area contributed by atoms with Gasteiger partial charge in [0, 0.05) is 6.04 Å². The lowest BCUT2D eigenvalue weighted by atomic mass is 10.2. The molecule has 0 fully saturated rings. The average molecular weight is 269 g/mol. The molecule has 3 N–H and O–H groups in total. The molecule has 1 rings (SSSR count). The third-order valence-electron chi connectivity index (χ3n) is 2.55. The van der Waals surface area contributed by atoms with Crippen LogP contribution in [0.3, 0.4) is 0 Å². The summed E-state index contributed by atoms with van der Waals surface area (Å²) in [5.74, 6) is 2.13. The Morgan fingerprint density at radius 3 is 2.89 bits per heavy atom. The van der Waals surface area contributed by atoms with Crippen molar-refractivity contribution in [1.82, 2.24) is 0 Å². The van der Waals surface area contributed by atoms with E-state index in [1.807, 2.05) is 18.7 Å². The Morgan fingerprint density at radius 2 is 2.28 bits per heavy atom. The second kappa shape index (κ2) is 7.10. The van der Waals surface area contributed by atoms with Gasteiger partial charge in [0.15, 0.2) is 0 Å². The fourth-order valence-electron chi connectivity index (χ4n) is 1.62. The molecule has 0 aromatic heterocycles. The van der Waals surface area contributed by atoms with Crippen LogP contribution in [0.2, 0.25) is 0 Å². The first-order valence-corrected chi connectivity index (χ1v) is 7.08. The maximum absolute atomic E-state index is 11.0. The molecular weight excluding hydrogens is 250 g/mol. The van der Waals surface area contributed by atoms with Crippen LogP contribution < -0.4 is 11.1 Å². The number of anilines is 2. The highest BCUT2D eigenvalue weighted by atomic mass is 32.2. The van der Waals surface area contributed by atoms with Gasteiger partial charge < -0.3 is 11.1 Å². The maximum Gasteiger partial charge on any atom is 0.314 e. The van der Waals surface area contributed by atoms with E-state index in [9.17, 15) is 10.1 Å². The minimum Gasteiger partial charge on any atom is -0.393 e. The first-order valence-electron chi connectivity index (χ1n) is 5.93. The number of hydrogen-bond donors (Lipinski definition) is 2. The summed E-state index contributed by atoms with van der Waals surface area (Å²) in [6.45, 7) is 4.13. The van der Waals surface area contributed by atoms with E-state index in [0.29, 0.717) is 5.69 Å². The Kier molecular flexibility index (Phi) is 5.77. The minimum absolute atomic E-state index is 0.0347. The summed E-state index contributed by atoms with van der Waals surface area (Å²) in [6, 6.07) is 5.14. The molecule has 5 nitrogen and oxygen atoms in total. The summed E-state index contributed by atoms with van der Waals surface area (Å²) in [7, 11) is 0. The van der Waals surface area contributed by atoms with Crippen molar-refractivity contribution in [2.45, 2.75) is 26.3 Å². The molecule has 0 heterocycles. The first kappa shape index (κ1) is 14.6. The van der Waals surface area contributed by atoms with Crippen LogP contribution in [-0.2, 0) is 0 Å². The molecule has 1 unspecified atom stereocenters. The normalized spacial score (nSPS) is 12.1. The van der Waals surface area contributed by atoms with Crippen molar-refractivity contribution in [2.24, 2.45) is 0 Å². The van der Waals surface area contributed by atoms with Crippen LogP contribution in [0.4, 0.5) is 17.1 Å². The summed E-state index contributed by atoms with van der Waals surface area (Å²) in [5.41, 5.74) is 6.29. The summed E-state index contributed by atoms with van der Waals surface area (Å²) in [6.07, 6.45) is 0.963. The number of rotatable bonds is 7. The molecule has 0 radical (unpaired) electrons. The molecule has 0 aliphatic carbocycles. The number of para-hydroxylation sites is 1. The van der Waals surface area contributed by atoms with Gasteiger partial charge in [0.25, 0.3) is 0 Å². The summed E-state index contributed by atoms with van der Waals surface area (Å²) in [5, 5.41) is 14.1. The maximum atomic E-state index is 11.0. The average Bonchev–Trinajstić information content (AvgIpc) is 2.28. The fourth-order valence-corrected chi connectivity index (χ4v) is 2.43. The lowest BCUT2D eigenvalue weighted by Gasteiger charge is -2.15. The topological polar surface area (TPSA) is 81.2 Å². The molecular formula is C12H19N3O2S. The lowest BCUT2D eigenvalue weighted by Crippen LogP contribution is -2.17. The Balaban J connectivity index is 2.72. The van der Waals surface area contributed by atoms with E-state index in [-0.39, 0.29) is 17.4 Å². The predicted octanol–water partition coefficient (Wildman–Crippen LogP) is 3.12. The monoisotopic (exact) mass is 269 g/mol. The molecule has 0 amide bonds. The van der Waals surface area contributed by atoms with Gasteiger partial charge in [0.2, 0.25) is 0 Å². The predicted molar refractivity (Wildman–Crippen MR) is 78.2 cm³/mol. The highest BCUT2D eigenvalue weighted by molar-refractivity contribution is 7.99. The number of nitrogen functional groups attached to an aromatic ring is 1. The molecule has 18 heavy (non-hydrogen) atoms. The highest BCUT2D eigenvalue weighted by Gasteiger charge is 2.18. The summed E-state index contributed by atoms with van der Waals surface area (Å²) >= 11 is 1.86. The van der Waals surface area contributed by atoms with Crippen molar-refractivity contribution >= 4 is 28.8 Å². The number of hydrogen-bond acceptors (Lipinski definition) is 5. The van der Waals surface area contributed by atoms with Crippen LogP contribution in [0.25, 0.3) is 0 Å². The van der Waals surface area contributed by atoms with Crippen LogP contribution in [0.1, 0.15) is 20.3 Å². The molecule has 0 spiro atoms. The van der Waals surface area contributed by atoms with Gasteiger partial charge in [-0.1, -0.05) is 13.0 Å². The molecule has 6 heteroatoms. The van der Waals surface area contributed by atoms with E-state index < -0.39 is 4.92 Å². The molecule has 1 aromatic carbocycles. The minimum atomic E-state index is -0.439. The largest absolute Gasteiger partial charge is 0.393 e. The van der Waals surface area contributed by atoms with Crippen molar-refractivity contribution in [2.75, 3.05) is 22.6 Å². The van der Waals surface area contributed by atoms with E-state index >= 15 is 0 Å². The third-order valence-corrected chi connectivity index (χ3v) is 3.48. The molecule has 0 saturated carbocycles. The molecule has 100 valence electrons. The number of thioether (sulfide) groups is 1. The molecule has 0 aliphatic heterocycles. The lowest BCUT2D eigenvalue weighted by molar-refractivity contribution is -0.383. The smallest absolute Gasteiger partial charge is 0.314 e. The molecule has 0 aliphatic rings. The zero-order valence-electron chi connectivity index (χ0n) is 10.7. The molecule has 0 bridgehead atoms. The van der Waals surface area contributed by atoms with Gasteiger partial charge in [-0.25, -0.2) is 0 Å². The standard InChI is InChI=1S/C12H19N3O2S/c1-3-18-8-7-9(2)14-11-6-4-5-10(13)12(11)15(16)17/h4-6,9,14H,3,7-8,13H2,1-2H3. The highest BCUT2D eigenvalue weighted by Crippen LogP contribution is 2.31. The zero-order valence-corrected chi connectivity index (χ0v) is 11.5. The molecule has 1 aromatic rings. The van der Waals surface area contributed by atoms with Crippen LogP contribution in [-0.4, -0.2) is 22.5 Å². The van der Waals surface area contributed by atoms with Crippen molar-refractivity contribution in [3.63, 3.8) is 0 Å². The van der Waals surface area contributed by atoms with Crippen LogP contribution in [0.5, 0.6) is 0 Å². The third kappa shape index (κ3) is 4.10. The Bertz CT molecular complexity index is 412. The van der Waals surface area contributed by atoms with Gasteiger partial charge in [-0.05, 0) is 37.0 Å². The van der Waals surface area contributed by atoms with Gasteiger partial charge in [0.1, 0.15) is 11.4 Å². The van der Waals surface area contributed by atoms with E-state index in [1.54, 1.807) is 18.2 Å². The second-order valence-electron chi connectivity index (χ2n) is 4.03. The van der Waals surface area contributed by atoms with Gasteiger partial charge in [-0.2, -0.15) is 11.8 Å². The number of nitro benzene ring substituents is 1. The van der Waals surface area contributed by atoms with E-state index in [0.717, 1.165) is 17.9 Å². The SMILES string of the molecule is CCSCCC(C)Nc1cccc(N)c1[N+](=O)[O-]. The Labute approximate surface area is 111 Å². The van der Waals surface area contributed by atoms with Crippen molar-refractivity contribution in [3.8, 4) is 0 Å². The van der Waals surface area contributed by atoms with Crippen LogP contribution in [0.15, 0.2) is 18.2 Å². The van der Waals surface area contributed by atoms with Crippen molar-refractivity contribution in [3.05, 3.63) is 28.3 Å².